The van der Waals surface area contributed by atoms with Crippen LogP contribution >= 0.6 is 0 Å². The second-order valence-electron chi connectivity index (χ2n) is 6.06. The number of amides is 1. The SMILES string of the molecule is CC(=O)c1cccc(NC(=O)[C@H](C)[NH2+][C@@H](C)c2ccc(F)cc2F)c1. The smallest absolute Gasteiger partial charge is 0.282 e. The van der Waals surface area contributed by atoms with Gasteiger partial charge in [0.1, 0.15) is 17.7 Å². The van der Waals surface area contributed by atoms with Crippen molar-refractivity contribution in [1.29, 1.82) is 0 Å². The van der Waals surface area contributed by atoms with E-state index in [9.17, 15) is 18.4 Å². The molecule has 6 heteroatoms. The summed E-state index contributed by atoms with van der Waals surface area (Å²) >= 11 is 0. The predicted octanol–water partition coefficient (Wildman–Crippen LogP) is 2.82. The molecule has 0 saturated heterocycles. The van der Waals surface area contributed by atoms with Crippen LogP contribution in [0.4, 0.5) is 14.5 Å². The zero-order chi connectivity index (χ0) is 18.6. The molecular weight excluding hydrogens is 326 g/mol. The molecular formula is C19H21F2N2O2+. The Morgan fingerprint density at radius 1 is 1.08 bits per heavy atom. The van der Waals surface area contributed by atoms with E-state index in [2.05, 4.69) is 5.32 Å². The number of nitrogens with one attached hydrogen (secondary N) is 1. The number of rotatable bonds is 6. The first-order chi connectivity index (χ1) is 11.8. The lowest BCUT2D eigenvalue weighted by Gasteiger charge is -2.17. The van der Waals surface area contributed by atoms with Gasteiger partial charge in [-0.05, 0) is 45.0 Å². The number of halogens is 2. The molecule has 0 aliphatic rings. The van der Waals surface area contributed by atoms with Crippen molar-refractivity contribution >= 4 is 17.4 Å². The maximum absolute atomic E-state index is 13.8. The second kappa shape index (κ2) is 7.98. The fourth-order valence-electron chi connectivity index (χ4n) is 2.57. The van der Waals surface area contributed by atoms with Crippen LogP contribution in [0.1, 0.15) is 42.7 Å². The van der Waals surface area contributed by atoms with Gasteiger partial charge in [0.05, 0.1) is 0 Å². The molecule has 1 amide bonds. The summed E-state index contributed by atoms with van der Waals surface area (Å²) in [6.45, 7) is 4.90. The lowest BCUT2D eigenvalue weighted by atomic mass is 10.1. The summed E-state index contributed by atoms with van der Waals surface area (Å²) in [5.41, 5.74) is 1.37. The minimum Gasteiger partial charge on any atom is -0.330 e. The van der Waals surface area contributed by atoms with Gasteiger partial charge in [0.15, 0.2) is 11.8 Å². The Balaban J connectivity index is 2.02. The van der Waals surface area contributed by atoms with Gasteiger partial charge in [0.25, 0.3) is 5.91 Å². The highest BCUT2D eigenvalue weighted by Crippen LogP contribution is 2.15. The largest absolute Gasteiger partial charge is 0.330 e. The molecule has 0 saturated carbocycles. The van der Waals surface area contributed by atoms with Crippen molar-refractivity contribution in [2.45, 2.75) is 32.9 Å². The van der Waals surface area contributed by atoms with Gasteiger partial charge in [-0.25, -0.2) is 8.78 Å². The maximum atomic E-state index is 13.8. The van der Waals surface area contributed by atoms with Gasteiger partial charge >= 0.3 is 0 Å². The van der Waals surface area contributed by atoms with Crippen LogP contribution in [0.5, 0.6) is 0 Å². The monoisotopic (exact) mass is 347 g/mol. The topological polar surface area (TPSA) is 62.8 Å². The Kier molecular flexibility index (Phi) is 5.98. The van der Waals surface area contributed by atoms with Crippen molar-refractivity contribution in [3.63, 3.8) is 0 Å². The van der Waals surface area contributed by atoms with Crippen molar-refractivity contribution in [2.75, 3.05) is 5.32 Å². The van der Waals surface area contributed by atoms with Gasteiger partial charge in [-0.3, -0.25) is 9.59 Å². The third-order valence-electron chi connectivity index (χ3n) is 3.98. The van der Waals surface area contributed by atoms with E-state index in [0.717, 1.165) is 6.07 Å². The molecule has 0 radical (unpaired) electrons. The first kappa shape index (κ1) is 18.7. The molecule has 0 spiro atoms. The number of ketones is 1. The van der Waals surface area contributed by atoms with Crippen LogP contribution in [0.15, 0.2) is 42.5 Å². The van der Waals surface area contributed by atoms with Gasteiger partial charge in [-0.1, -0.05) is 12.1 Å². The highest BCUT2D eigenvalue weighted by Gasteiger charge is 2.22. The summed E-state index contributed by atoms with van der Waals surface area (Å²) in [4.78, 5) is 23.7. The molecule has 0 aliphatic carbocycles. The highest BCUT2D eigenvalue weighted by molar-refractivity contribution is 5.97. The minimum absolute atomic E-state index is 0.0869. The van der Waals surface area contributed by atoms with E-state index < -0.39 is 17.7 Å². The predicted molar refractivity (Wildman–Crippen MR) is 91.2 cm³/mol. The van der Waals surface area contributed by atoms with Crippen LogP contribution in [0.3, 0.4) is 0 Å². The number of anilines is 1. The molecule has 2 rings (SSSR count). The maximum Gasteiger partial charge on any atom is 0.282 e. The summed E-state index contributed by atoms with van der Waals surface area (Å²) in [7, 11) is 0. The van der Waals surface area contributed by atoms with E-state index in [1.807, 2.05) is 0 Å². The summed E-state index contributed by atoms with van der Waals surface area (Å²) in [5, 5.41) is 4.44. The van der Waals surface area contributed by atoms with E-state index in [1.165, 1.54) is 19.1 Å². The summed E-state index contributed by atoms with van der Waals surface area (Å²) in [5.74, 6) is -1.62. The molecule has 2 atom stereocenters. The minimum atomic E-state index is -0.635. The number of carbonyl (C=O) groups excluding carboxylic acids is 2. The van der Waals surface area contributed by atoms with Crippen LogP contribution in [0, 0.1) is 11.6 Å². The number of nitrogens with two attached hydrogens (primary N) is 1. The lowest BCUT2D eigenvalue weighted by Crippen LogP contribution is -2.91. The van der Waals surface area contributed by atoms with Crippen LogP contribution in [-0.4, -0.2) is 17.7 Å². The fraction of sp³-hybridized carbons (Fsp3) is 0.263. The van der Waals surface area contributed by atoms with Crippen molar-refractivity contribution < 1.29 is 23.7 Å². The van der Waals surface area contributed by atoms with Crippen LogP contribution in [-0.2, 0) is 4.79 Å². The van der Waals surface area contributed by atoms with Crippen molar-refractivity contribution in [3.05, 3.63) is 65.2 Å². The third kappa shape index (κ3) is 4.93. The first-order valence-corrected chi connectivity index (χ1v) is 7.99. The fourth-order valence-corrected chi connectivity index (χ4v) is 2.57. The van der Waals surface area contributed by atoms with Crippen molar-refractivity contribution in [1.82, 2.24) is 0 Å². The molecule has 2 aromatic rings. The van der Waals surface area contributed by atoms with Gasteiger partial charge in [-0.2, -0.15) is 0 Å². The van der Waals surface area contributed by atoms with Gasteiger partial charge < -0.3 is 10.6 Å². The van der Waals surface area contributed by atoms with Crippen molar-refractivity contribution in [2.24, 2.45) is 0 Å². The molecule has 25 heavy (non-hydrogen) atoms. The summed E-state index contributed by atoms with van der Waals surface area (Å²) < 4.78 is 26.8. The number of quaternary nitrogens is 1. The van der Waals surface area contributed by atoms with Crippen LogP contribution in [0.25, 0.3) is 0 Å². The Bertz CT molecular complexity index is 793. The molecule has 0 bridgehead atoms. The van der Waals surface area contributed by atoms with E-state index in [0.29, 0.717) is 16.8 Å². The molecule has 3 N–H and O–H groups in total. The van der Waals surface area contributed by atoms with Gasteiger partial charge in [0, 0.05) is 22.9 Å². The number of carbonyl (C=O) groups is 2. The van der Waals surface area contributed by atoms with Crippen LogP contribution in [0.2, 0.25) is 0 Å². The average molecular weight is 347 g/mol. The molecule has 0 aliphatic heterocycles. The average Bonchev–Trinajstić information content (AvgIpc) is 2.54. The van der Waals surface area contributed by atoms with E-state index in [4.69, 9.17) is 0 Å². The lowest BCUT2D eigenvalue weighted by molar-refractivity contribution is -0.710. The van der Waals surface area contributed by atoms with Crippen molar-refractivity contribution in [3.8, 4) is 0 Å². The van der Waals surface area contributed by atoms with Gasteiger partial charge in [-0.15, -0.1) is 0 Å². The molecule has 0 fully saturated rings. The Morgan fingerprint density at radius 3 is 2.44 bits per heavy atom. The molecule has 132 valence electrons. The second-order valence-corrected chi connectivity index (χ2v) is 6.06. The summed E-state index contributed by atoms with van der Waals surface area (Å²) in [6, 6.07) is 9.22. The Labute approximate surface area is 145 Å². The molecule has 0 unspecified atom stereocenters. The Hall–Kier alpha value is -2.60. The Morgan fingerprint density at radius 2 is 1.80 bits per heavy atom. The van der Waals surface area contributed by atoms with E-state index >= 15 is 0 Å². The zero-order valence-electron chi connectivity index (χ0n) is 14.3. The number of hydrogen-bond acceptors (Lipinski definition) is 2. The standard InChI is InChI=1S/C19H20F2N2O2/c1-11(17-8-7-15(20)10-18(17)21)22-12(2)19(25)23-16-6-4-5-14(9-16)13(3)24/h4-12,22H,1-3H3,(H,23,25)/p+1/t11-,12-/m0/s1. The van der Waals surface area contributed by atoms with E-state index in [-0.39, 0.29) is 17.7 Å². The molecule has 2 aromatic carbocycles. The number of hydrogen-bond donors (Lipinski definition) is 2. The number of benzene rings is 2. The van der Waals surface area contributed by atoms with Gasteiger partial charge in [0.2, 0.25) is 0 Å². The third-order valence-corrected chi connectivity index (χ3v) is 3.98. The zero-order valence-corrected chi connectivity index (χ0v) is 14.3. The van der Waals surface area contributed by atoms with E-state index in [1.54, 1.807) is 43.4 Å². The quantitative estimate of drug-likeness (QED) is 0.790. The first-order valence-electron chi connectivity index (χ1n) is 7.99. The molecule has 4 nitrogen and oxygen atoms in total. The summed E-state index contributed by atoms with van der Waals surface area (Å²) in [6.07, 6.45) is 0. The van der Waals surface area contributed by atoms with Crippen LogP contribution < -0.4 is 10.6 Å². The highest BCUT2D eigenvalue weighted by atomic mass is 19.1. The number of Topliss-reactive ketones (excluding diaryl/α,β-unsaturated/α-hetero) is 1. The molecule has 0 heterocycles. The molecule has 0 aromatic heterocycles. The normalized spacial score (nSPS) is 13.2.